The van der Waals surface area contributed by atoms with Gasteiger partial charge in [-0.15, -0.1) is 0 Å². The smallest absolute Gasteiger partial charge is 0.0771 e. The van der Waals surface area contributed by atoms with Crippen LogP contribution in [0.5, 0.6) is 0 Å². The van der Waals surface area contributed by atoms with Gasteiger partial charge in [0.2, 0.25) is 0 Å². The Hall–Kier alpha value is 0.490. The van der Waals surface area contributed by atoms with Gasteiger partial charge in [-0.05, 0) is 6.92 Å². The summed E-state index contributed by atoms with van der Waals surface area (Å²) in [4.78, 5) is 0. The third kappa shape index (κ3) is 1.97. The first kappa shape index (κ1) is 7.60. The van der Waals surface area contributed by atoms with Gasteiger partial charge < -0.3 is 0 Å². The molecule has 0 saturated heterocycles. The Balaban J connectivity index is 2.59. The zero-order valence-corrected chi connectivity index (χ0v) is 7.42. The average molecular weight is 181 g/mol. The minimum atomic E-state index is -0.847. The van der Waals surface area contributed by atoms with Crippen molar-refractivity contribution in [2.75, 3.05) is 0 Å². The molecule has 0 nitrogen and oxygen atoms in total. The number of hydrogen-bond donors (Lipinski definition) is 0. The van der Waals surface area contributed by atoms with Crippen LogP contribution < -0.4 is 0 Å². The maximum absolute atomic E-state index is 5.68. The topological polar surface area (TPSA) is 0 Å². The molecule has 0 aromatic carbocycles. The van der Waals surface area contributed by atoms with Gasteiger partial charge in [-0.3, -0.25) is 0 Å². The first-order valence-electron chi connectivity index (χ1n) is 2.67. The summed E-state index contributed by atoms with van der Waals surface area (Å²) in [5.74, 6) is 0. The van der Waals surface area contributed by atoms with E-state index in [9.17, 15) is 0 Å². The second-order valence-corrected chi connectivity index (χ2v) is 5.84. The number of allylic oxidation sites excluding steroid dienone is 4. The van der Waals surface area contributed by atoms with Crippen LogP contribution in [0.1, 0.15) is 6.92 Å². The molecule has 3 heteroatoms. The van der Waals surface area contributed by atoms with Crippen molar-refractivity contribution in [3.05, 3.63) is 23.8 Å². The molecule has 1 aliphatic rings. The minimum absolute atomic E-state index is 0.295. The summed E-state index contributed by atoms with van der Waals surface area (Å²) in [6.07, 6.45) is 6.18. The maximum atomic E-state index is 5.68. The molecule has 1 aliphatic carbocycles. The zero-order valence-electron chi connectivity index (χ0n) is 5.01. The van der Waals surface area contributed by atoms with Crippen molar-refractivity contribution in [3.8, 4) is 0 Å². The molecule has 0 aromatic heterocycles. The van der Waals surface area contributed by atoms with Crippen molar-refractivity contribution < 1.29 is 0 Å². The Kier molecular flexibility index (Phi) is 2.58. The summed E-state index contributed by atoms with van der Waals surface area (Å²) < 4.78 is 0. The van der Waals surface area contributed by atoms with Crippen LogP contribution in [0.4, 0.5) is 0 Å². The van der Waals surface area contributed by atoms with Crippen molar-refractivity contribution >= 4 is 29.1 Å². The molecule has 0 saturated carbocycles. The van der Waals surface area contributed by atoms with E-state index in [1.165, 1.54) is 5.57 Å². The van der Waals surface area contributed by atoms with E-state index in [-0.39, 0.29) is 0 Å². The Morgan fingerprint density at radius 3 is 2.44 bits per heavy atom. The van der Waals surface area contributed by atoms with Crippen molar-refractivity contribution in [3.63, 3.8) is 0 Å². The Bertz CT molecular complexity index is 160. The van der Waals surface area contributed by atoms with Gasteiger partial charge in [0.05, 0.1) is 6.63 Å². The molecule has 1 rings (SSSR count). The van der Waals surface area contributed by atoms with Crippen LogP contribution in [0.2, 0.25) is 0 Å². The highest BCUT2D eigenvalue weighted by atomic mass is 35.9. The highest BCUT2D eigenvalue weighted by Gasteiger charge is 2.13. The maximum Gasteiger partial charge on any atom is 0.0963 e. The Morgan fingerprint density at radius 1 is 1.56 bits per heavy atom. The van der Waals surface area contributed by atoms with Crippen LogP contribution in [0.3, 0.4) is 0 Å². The van der Waals surface area contributed by atoms with E-state index in [0.29, 0.717) is 5.66 Å². The molecule has 0 aromatic rings. The lowest BCUT2D eigenvalue weighted by molar-refractivity contribution is 1.44. The van der Waals surface area contributed by atoms with Crippen LogP contribution in [0.15, 0.2) is 23.8 Å². The summed E-state index contributed by atoms with van der Waals surface area (Å²) in [5.41, 5.74) is 1.55. The summed E-state index contributed by atoms with van der Waals surface area (Å²) >= 11 is 11.4. The predicted molar refractivity (Wildman–Crippen MR) is 45.3 cm³/mol. The molecule has 0 aliphatic heterocycles. The van der Waals surface area contributed by atoms with E-state index in [1.54, 1.807) is 0 Å². The summed E-state index contributed by atoms with van der Waals surface area (Å²) in [6.45, 7) is 1.20. The fourth-order valence-electron chi connectivity index (χ4n) is 0.752. The van der Waals surface area contributed by atoms with E-state index in [0.717, 1.165) is 0 Å². The fraction of sp³-hybridized carbons (Fsp3) is 0.333. The van der Waals surface area contributed by atoms with E-state index in [1.807, 2.05) is 19.1 Å². The highest BCUT2D eigenvalue weighted by Crippen LogP contribution is 2.54. The summed E-state index contributed by atoms with van der Waals surface area (Å²) in [7, 11) is 0. The first-order valence-corrected chi connectivity index (χ1v) is 5.89. The molecule has 0 fully saturated rings. The average Bonchev–Trinajstić information content (AvgIpc) is 2.14. The third-order valence-corrected chi connectivity index (χ3v) is 3.34. The molecule has 1 unspecified atom stereocenters. The largest absolute Gasteiger partial charge is 0.0963 e. The molecule has 0 spiro atoms. The van der Waals surface area contributed by atoms with Crippen molar-refractivity contribution in [1.29, 1.82) is 0 Å². The lowest BCUT2D eigenvalue weighted by atomic mass is 10.3. The molecule has 9 heavy (non-hydrogen) atoms. The lowest BCUT2D eigenvalue weighted by Crippen LogP contribution is -1.84. The van der Waals surface area contributed by atoms with Gasteiger partial charge in [0.15, 0.2) is 0 Å². The summed E-state index contributed by atoms with van der Waals surface area (Å²) in [5, 5.41) is 0. The van der Waals surface area contributed by atoms with E-state index in [2.05, 4.69) is 6.08 Å². The zero-order chi connectivity index (χ0) is 6.85. The number of hydrogen-bond acceptors (Lipinski definition) is 0. The van der Waals surface area contributed by atoms with Crippen molar-refractivity contribution in [2.24, 2.45) is 0 Å². The molecule has 1 atom stereocenters. The van der Waals surface area contributed by atoms with Crippen LogP contribution in [0.25, 0.3) is 0 Å². The Labute approximate surface area is 65.9 Å². The summed E-state index contributed by atoms with van der Waals surface area (Å²) in [6, 6.07) is 0. The van der Waals surface area contributed by atoms with Gasteiger partial charge in [-0.25, -0.2) is 0 Å². The van der Waals surface area contributed by atoms with Gasteiger partial charge >= 0.3 is 0 Å². The monoisotopic (exact) mass is 180 g/mol. The van der Waals surface area contributed by atoms with E-state index >= 15 is 0 Å². The lowest BCUT2D eigenvalue weighted by Gasteiger charge is -2.02. The van der Waals surface area contributed by atoms with Crippen LogP contribution in [0, 0.1) is 0 Å². The SMILES string of the molecule is CC1=CC(P(Cl)Cl)C=C1. The molecule has 0 amide bonds. The van der Waals surface area contributed by atoms with Crippen LogP contribution in [-0.4, -0.2) is 5.66 Å². The predicted octanol–water partition coefficient (Wildman–Crippen LogP) is 3.66. The fourth-order valence-corrected chi connectivity index (χ4v) is 2.04. The quantitative estimate of drug-likeness (QED) is 0.541. The van der Waals surface area contributed by atoms with Gasteiger partial charge in [-0.1, -0.05) is 46.3 Å². The second-order valence-electron chi connectivity index (χ2n) is 2.02. The van der Waals surface area contributed by atoms with Gasteiger partial charge in [0.1, 0.15) is 0 Å². The second kappa shape index (κ2) is 3.05. The third-order valence-electron chi connectivity index (χ3n) is 1.22. The van der Waals surface area contributed by atoms with Gasteiger partial charge in [0, 0.05) is 5.66 Å². The Morgan fingerprint density at radius 2 is 2.22 bits per heavy atom. The number of rotatable bonds is 1. The van der Waals surface area contributed by atoms with E-state index in [4.69, 9.17) is 22.5 Å². The van der Waals surface area contributed by atoms with Crippen molar-refractivity contribution in [2.45, 2.75) is 12.6 Å². The van der Waals surface area contributed by atoms with Crippen LogP contribution >= 0.6 is 29.1 Å². The molecular weight excluding hydrogens is 174 g/mol. The molecule has 0 heterocycles. The van der Waals surface area contributed by atoms with Gasteiger partial charge in [0.25, 0.3) is 0 Å². The van der Waals surface area contributed by atoms with E-state index < -0.39 is 6.63 Å². The molecule has 50 valence electrons. The van der Waals surface area contributed by atoms with Crippen molar-refractivity contribution in [1.82, 2.24) is 0 Å². The molecular formula is C6H7Cl2P. The standard InChI is InChI=1S/C6H7Cl2P/c1-5-2-3-6(4-5)9(7)8/h2-4,6H,1H3. The molecule has 0 bridgehead atoms. The normalized spacial score (nSPS) is 25.3. The highest BCUT2D eigenvalue weighted by molar-refractivity contribution is 8.04. The van der Waals surface area contributed by atoms with Gasteiger partial charge in [-0.2, -0.15) is 0 Å². The first-order chi connectivity index (χ1) is 4.20. The number of halogens is 2. The molecule has 0 N–H and O–H groups in total. The minimum Gasteiger partial charge on any atom is -0.0771 e. The molecule has 0 radical (unpaired) electrons. The van der Waals surface area contributed by atoms with Crippen LogP contribution in [-0.2, 0) is 0 Å².